The van der Waals surface area contributed by atoms with Crippen molar-refractivity contribution in [3.63, 3.8) is 0 Å². The van der Waals surface area contributed by atoms with E-state index in [1.54, 1.807) is 32.4 Å². The van der Waals surface area contributed by atoms with Crippen LogP contribution in [0.15, 0.2) is 36.4 Å². The lowest BCUT2D eigenvalue weighted by atomic mass is 10.00. The molecule has 106 valence electrons. The molecule has 2 aromatic carbocycles. The van der Waals surface area contributed by atoms with Gasteiger partial charge in [0.1, 0.15) is 17.6 Å². The van der Waals surface area contributed by atoms with E-state index < -0.39 is 6.10 Å². The summed E-state index contributed by atoms with van der Waals surface area (Å²) in [5.41, 5.74) is 2.51. The molecule has 0 aliphatic carbocycles. The van der Waals surface area contributed by atoms with Crippen LogP contribution >= 0.6 is 11.6 Å². The Morgan fingerprint density at radius 1 is 0.950 bits per heavy atom. The Kier molecular flexibility index (Phi) is 4.53. The van der Waals surface area contributed by atoms with Crippen LogP contribution in [-0.4, -0.2) is 19.3 Å². The first-order valence-corrected chi connectivity index (χ1v) is 6.60. The number of rotatable bonds is 4. The van der Waals surface area contributed by atoms with Crippen molar-refractivity contribution in [2.45, 2.75) is 13.0 Å². The third-order valence-corrected chi connectivity index (χ3v) is 3.55. The number of hydrogen-bond donors (Lipinski definition) is 1. The molecule has 1 unspecified atom stereocenters. The van der Waals surface area contributed by atoms with E-state index in [1.165, 1.54) is 0 Å². The highest BCUT2D eigenvalue weighted by atomic mass is 35.5. The van der Waals surface area contributed by atoms with Gasteiger partial charge >= 0.3 is 0 Å². The van der Waals surface area contributed by atoms with Gasteiger partial charge in [-0.05, 0) is 41.8 Å². The SMILES string of the molecule is COc1cc(C(O)c2ccc(Cl)c(OC)c2)ccc1C. The lowest BCUT2D eigenvalue weighted by Crippen LogP contribution is -2.01. The Morgan fingerprint density at radius 3 is 2.10 bits per heavy atom. The number of aliphatic hydroxyl groups excluding tert-OH is 1. The Balaban J connectivity index is 2.38. The van der Waals surface area contributed by atoms with Gasteiger partial charge in [0.15, 0.2) is 0 Å². The van der Waals surface area contributed by atoms with Crippen molar-refractivity contribution < 1.29 is 14.6 Å². The molecule has 0 fully saturated rings. The lowest BCUT2D eigenvalue weighted by Gasteiger charge is -2.15. The molecular formula is C16H17ClO3. The summed E-state index contributed by atoms with van der Waals surface area (Å²) in [5.74, 6) is 1.30. The summed E-state index contributed by atoms with van der Waals surface area (Å²) in [7, 11) is 3.16. The summed E-state index contributed by atoms with van der Waals surface area (Å²) in [6, 6.07) is 10.9. The van der Waals surface area contributed by atoms with E-state index in [4.69, 9.17) is 21.1 Å². The lowest BCUT2D eigenvalue weighted by molar-refractivity contribution is 0.219. The molecule has 0 aliphatic heterocycles. The number of aryl methyl sites for hydroxylation is 1. The summed E-state index contributed by atoms with van der Waals surface area (Å²) in [4.78, 5) is 0. The van der Waals surface area contributed by atoms with Crippen LogP contribution in [0, 0.1) is 6.92 Å². The Labute approximate surface area is 123 Å². The molecule has 0 heterocycles. The number of ether oxygens (including phenoxy) is 2. The molecule has 3 nitrogen and oxygen atoms in total. The van der Waals surface area contributed by atoms with Crippen molar-refractivity contribution in [2.75, 3.05) is 14.2 Å². The second-order valence-corrected chi connectivity index (χ2v) is 4.93. The topological polar surface area (TPSA) is 38.7 Å². The molecule has 0 aliphatic rings. The number of aliphatic hydroxyl groups is 1. The average molecular weight is 293 g/mol. The van der Waals surface area contributed by atoms with Gasteiger partial charge in [-0.2, -0.15) is 0 Å². The largest absolute Gasteiger partial charge is 0.496 e. The minimum absolute atomic E-state index is 0.518. The first-order chi connectivity index (χ1) is 9.56. The summed E-state index contributed by atoms with van der Waals surface area (Å²) >= 11 is 5.99. The van der Waals surface area contributed by atoms with Crippen LogP contribution in [0.1, 0.15) is 22.8 Å². The fourth-order valence-corrected chi connectivity index (χ4v) is 2.24. The quantitative estimate of drug-likeness (QED) is 0.933. The maximum absolute atomic E-state index is 10.5. The third-order valence-electron chi connectivity index (χ3n) is 3.24. The Hall–Kier alpha value is -1.71. The van der Waals surface area contributed by atoms with Crippen LogP contribution in [0.25, 0.3) is 0 Å². The predicted octanol–water partition coefficient (Wildman–Crippen LogP) is 3.75. The molecule has 1 N–H and O–H groups in total. The minimum Gasteiger partial charge on any atom is -0.496 e. The second kappa shape index (κ2) is 6.16. The minimum atomic E-state index is -0.754. The highest BCUT2D eigenvalue weighted by molar-refractivity contribution is 6.32. The maximum Gasteiger partial charge on any atom is 0.137 e. The predicted molar refractivity (Wildman–Crippen MR) is 79.8 cm³/mol. The third kappa shape index (κ3) is 2.89. The summed E-state index contributed by atoms with van der Waals surface area (Å²) < 4.78 is 10.4. The summed E-state index contributed by atoms with van der Waals surface area (Å²) in [5, 5.41) is 11.0. The van der Waals surface area contributed by atoms with Crippen LogP contribution in [-0.2, 0) is 0 Å². The van der Waals surface area contributed by atoms with E-state index in [9.17, 15) is 5.11 Å². The highest BCUT2D eigenvalue weighted by Crippen LogP contribution is 2.32. The monoisotopic (exact) mass is 292 g/mol. The molecular weight excluding hydrogens is 276 g/mol. The average Bonchev–Trinajstić information content (AvgIpc) is 2.47. The van der Waals surface area contributed by atoms with E-state index in [1.807, 2.05) is 25.1 Å². The van der Waals surface area contributed by atoms with Gasteiger partial charge in [-0.1, -0.05) is 29.8 Å². The van der Waals surface area contributed by atoms with Gasteiger partial charge in [0.25, 0.3) is 0 Å². The maximum atomic E-state index is 10.5. The number of halogens is 1. The first-order valence-electron chi connectivity index (χ1n) is 6.23. The van der Waals surface area contributed by atoms with Gasteiger partial charge < -0.3 is 14.6 Å². The smallest absolute Gasteiger partial charge is 0.137 e. The van der Waals surface area contributed by atoms with Gasteiger partial charge in [0.05, 0.1) is 19.2 Å². The molecule has 0 aromatic heterocycles. The molecule has 2 aromatic rings. The van der Waals surface area contributed by atoms with Gasteiger partial charge in [0.2, 0.25) is 0 Å². The van der Waals surface area contributed by atoms with E-state index in [0.717, 1.165) is 22.4 Å². The van der Waals surface area contributed by atoms with Crippen LogP contribution in [0.3, 0.4) is 0 Å². The molecule has 0 radical (unpaired) electrons. The molecule has 0 saturated carbocycles. The molecule has 0 spiro atoms. The van der Waals surface area contributed by atoms with Crippen molar-refractivity contribution in [3.05, 3.63) is 58.1 Å². The zero-order chi connectivity index (χ0) is 14.7. The number of benzene rings is 2. The van der Waals surface area contributed by atoms with Gasteiger partial charge in [-0.15, -0.1) is 0 Å². The van der Waals surface area contributed by atoms with Crippen molar-refractivity contribution in [3.8, 4) is 11.5 Å². The highest BCUT2D eigenvalue weighted by Gasteiger charge is 2.14. The summed E-state index contributed by atoms with van der Waals surface area (Å²) in [6.45, 7) is 1.96. The van der Waals surface area contributed by atoms with Gasteiger partial charge in [-0.3, -0.25) is 0 Å². The first kappa shape index (κ1) is 14.7. The molecule has 2 rings (SSSR count). The zero-order valence-electron chi connectivity index (χ0n) is 11.7. The number of methoxy groups -OCH3 is 2. The van der Waals surface area contributed by atoms with E-state index in [-0.39, 0.29) is 0 Å². The standard InChI is InChI=1S/C16H17ClO3/c1-10-4-5-11(8-14(10)19-2)16(18)12-6-7-13(17)15(9-12)20-3/h4-9,16,18H,1-3H3. The molecule has 0 amide bonds. The molecule has 4 heteroatoms. The summed E-state index contributed by atoms with van der Waals surface area (Å²) in [6.07, 6.45) is -0.754. The van der Waals surface area contributed by atoms with E-state index in [0.29, 0.717) is 10.8 Å². The van der Waals surface area contributed by atoms with Crippen molar-refractivity contribution >= 4 is 11.6 Å². The normalized spacial score (nSPS) is 12.1. The van der Waals surface area contributed by atoms with Crippen LogP contribution in [0.2, 0.25) is 5.02 Å². The molecule has 0 saturated heterocycles. The van der Waals surface area contributed by atoms with E-state index >= 15 is 0 Å². The van der Waals surface area contributed by atoms with Crippen LogP contribution in [0.5, 0.6) is 11.5 Å². The zero-order valence-corrected chi connectivity index (χ0v) is 12.4. The molecule has 0 bridgehead atoms. The van der Waals surface area contributed by atoms with Crippen molar-refractivity contribution in [2.24, 2.45) is 0 Å². The van der Waals surface area contributed by atoms with Crippen LogP contribution in [0.4, 0.5) is 0 Å². The van der Waals surface area contributed by atoms with Crippen molar-refractivity contribution in [1.82, 2.24) is 0 Å². The van der Waals surface area contributed by atoms with Crippen molar-refractivity contribution in [1.29, 1.82) is 0 Å². The molecule has 1 atom stereocenters. The fraction of sp³-hybridized carbons (Fsp3) is 0.250. The van der Waals surface area contributed by atoms with E-state index in [2.05, 4.69) is 0 Å². The second-order valence-electron chi connectivity index (χ2n) is 4.53. The number of hydrogen-bond acceptors (Lipinski definition) is 3. The van der Waals surface area contributed by atoms with Gasteiger partial charge in [-0.25, -0.2) is 0 Å². The van der Waals surface area contributed by atoms with Gasteiger partial charge in [0, 0.05) is 0 Å². The molecule has 20 heavy (non-hydrogen) atoms. The Morgan fingerprint density at radius 2 is 1.50 bits per heavy atom. The van der Waals surface area contributed by atoms with Crippen LogP contribution < -0.4 is 9.47 Å². The Bertz CT molecular complexity index is 557. The fourth-order valence-electron chi connectivity index (χ4n) is 2.05.